The predicted octanol–water partition coefficient (Wildman–Crippen LogP) is 3.60. The number of hydrogen-bond acceptors (Lipinski definition) is 2. The average molecular weight is 264 g/mol. The summed E-state index contributed by atoms with van der Waals surface area (Å²) in [6.45, 7) is 1.60. The lowest BCUT2D eigenvalue weighted by Gasteiger charge is -2.06. The average Bonchev–Trinajstić information content (AvgIpc) is 2.35. The highest BCUT2D eigenvalue weighted by Gasteiger charge is 2.14. The molecule has 0 heterocycles. The maximum Gasteiger partial charge on any atom is 0.194 e. The highest BCUT2D eigenvalue weighted by molar-refractivity contribution is 6.35. The third-order valence-corrected chi connectivity index (χ3v) is 2.98. The van der Waals surface area contributed by atoms with Gasteiger partial charge in [0.1, 0.15) is 5.82 Å². The maximum absolute atomic E-state index is 13.2. The van der Waals surface area contributed by atoms with E-state index in [1.807, 2.05) is 0 Å². The summed E-state index contributed by atoms with van der Waals surface area (Å²) in [5.74, 6) is -0.611. The molecule has 0 aromatic heterocycles. The summed E-state index contributed by atoms with van der Waals surface area (Å²) < 4.78 is 13.2. The second-order valence-corrected chi connectivity index (χ2v) is 4.44. The van der Waals surface area contributed by atoms with Crippen LogP contribution in [0, 0.1) is 12.7 Å². The van der Waals surface area contributed by atoms with E-state index < -0.39 is 0 Å². The Hall–Kier alpha value is -1.87. The zero-order valence-corrected chi connectivity index (χ0v) is 10.5. The van der Waals surface area contributed by atoms with Crippen molar-refractivity contribution in [2.24, 2.45) is 0 Å². The molecule has 2 nitrogen and oxygen atoms in total. The first-order valence-electron chi connectivity index (χ1n) is 5.35. The first-order chi connectivity index (χ1) is 8.49. The quantitative estimate of drug-likeness (QED) is 0.664. The summed E-state index contributed by atoms with van der Waals surface area (Å²) in [4.78, 5) is 12.2. The van der Waals surface area contributed by atoms with Crippen molar-refractivity contribution < 1.29 is 9.18 Å². The van der Waals surface area contributed by atoms with Crippen LogP contribution in [0.1, 0.15) is 21.5 Å². The van der Waals surface area contributed by atoms with Crippen LogP contribution in [0.15, 0.2) is 36.4 Å². The molecule has 2 aromatic rings. The highest BCUT2D eigenvalue weighted by atomic mass is 35.5. The molecule has 0 spiro atoms. The van der Waals surface area contributed by atoms with Crippen LogP contribution >= 0.6 is 11.6 Å². The lowest BCUT2D eigenvalue weighted by atomic mass is 10.0. The van der Waals surface area contributed by atoms with Gasteiger partial charge in [-0.05, 0) is 48.9 Å². The molecular weight excluding hydrogens is 253 g/mol. The lowest BCUT2D eigenvalue weighted by Crippen LogP contribution is -2.04. The Balaban J connectivity index is 2.47. The molecule has 2 N–H and O–H groups in total. The fraction of sp³-hybridized carbons (Fsp3) is 0.0714. The van der Waals surface area contributed by atoms with Crippen LogP contribution in [0.25, 0.3) is 0 Å². The van der Waals surface area contributed by atoms with Crippen LogP contribution in [0.5, 0.6) is 0 Å². The number of hydrogen-bond donors (Lipinski definition) is 1. The van der Waals surface area contributed by atoms with Crippen molar-refractivity contribution in [3.05, 3.63) is 63.9 Å². The van der Waals surface area contributed by atoms with Crippen LogP contribution in [0.4, 0.5) is 10.1 Å². The second kappa shape index (κ2) is 4.78. The van der Waals surface area contributed by atoms with Gasteiger partial charge in [0.05, 0.1) is 5.02 Å². The zero-order valence-electron chi connectivity index (χ0n) is 9.71. The van der Waals surface area contributed by atoms with Crippen molar-refractivity contribution in [2.75, 3.05) is 5.73 Å². The lowest BCUT2D eigenvalue weighted by molar-refractivity contribution is 0.103. The number of rotatable bonds is 2. The minimum absolute atomic E-state index is 0.268. The van der Waals surface area contributed by atoms with E-state index in [0.29, 0.717) is 27.4 Å². The number of carbonyl (C=O) groups excluding carboxylic acids is 1. The molecule has 92 valence electrons. The molecule has 0 atom stereocenters. The van der Waals surface area contributed by atoms with Gasteiger partial charge in [-0.2, -0.15) is 0 Å². The molecule has 2 rings (SSSR count). The van der Waals surface area contributed by atoms with Crippen molar-refractivity contribution in [3.63, 3.8) is 0 Å². The minimum atomic E-state index is -0.342. The molecule has 2 aromatic carbocycles. The SMILES string of the molecule is Cc1cc(C(=O)c2cc(N)ccc2Cl)ccc1F. The van der Waals surface area contributed by atoms with Crippen molar-refractivity contribution in [1.82, 2.24) is 0 Å². The molecule has 0 radical (unpaired) electrons. The van der Waals surface area contributed by atoms with E-state index in [2.05, 4.69) is 0 Å². The number of benzene rings is 2. The molecule has 0 saturated heterocycles. The Morgan fingerprint density at radius 1 is 1.22 bits per heavy atom. The van der Waals surface area contributed by atoms with Gasteiger partial charge in [-0.3, -0.25) is 4.79 Å². The molecule has 0 aliphatic carbocycles. The molecule has 0 amide bonds. The zero-order chi connectivity index (χ0) is 13.3. The first-order valence-corrected chi connectivity index (χ1v) is 5.72. The van der Waals surface area contributed by atoms with Gasteiger partial charge in [0, 0.05) is 16.8 Å². The highest BCUT2D eigenvalue weighted by Crippen LogP contribution is 2.22. The number of nitrogens with two attached hydrogens (primary N) is 1. The van der Waals surface area contributed by atoms with Gasteiger partial charge in [-0.1, -0.05) is 11.6 Å². The van der Waals surface area contributed by atoms with Crippen molar-refractivity contribution >= 4 is 23.1 Å². The second-order valence-electron chi connectivity index (χ2n) is 4.03. The van der Waals surface area contributed by atoms with Gasteiger partial charge in [0.15, 0.2) is 5.78 Å². The normalized spacial score (nSPS) is 10.4. The van der Waals surface area contributed by atoms with Gasteiger partial charge in [0.2, 0.25) is 0 Å². The smallest absolute Gasteiger partial charge is 0.194 e. The standard InChI is InChI=1S/C14H11ClFNO/c1-8-6-9(2-5-13(8)16)14(18)11-7-10(17)3-4-12(11)15/h2-7H,17H2,1H3. The summed E-state index contributed by atoms with van der Waals surface area (Å²) in [5.41, 5.74) is 7.22. The molecule has 0 aliphatic heterocycles. The number of nitrogen functional groups attached to an aromatic ring is 1. The van der Waals surface area contributed by atoms with Crippen LogP contribution in [0.3, 0.4) is 0 Å². The first kappa shape index (κ1) is 12.6. The Morgan fingerprint density at radius 2 is 1.94 bits per heavy atom. The number of aryl methyl sites for hydroxylation is 1. The number of anilines is 1. The van der Waals surface area contributed by atoms with Crippen molar-refractivity contribution in [3.8, 4) is 0 Å². The summed E-state index contributed by atoms with van der Waals surface area (Å²) in [7, 11) is 0. The van der Waals surface area contributed by atoms with Gasteiger partial charge in [-0.25, -0.2) is 4.39 Å². The topological polar surface area (TPSA) is 43.1 Å². The predicted molar refractivity (Wildman–Crippen MR) is 70.4 cm³/mol. The summed E-state index contributed by atoms with van der Waals surface area (Å²) in [6, 6.07) is 8.91. The summed E-state index contributed by atoms with van der Waals surface area (Å²) in [5, 5.41) is 0.330. The van der Waals surface area contributed by atoms with E-state index in [-0.39, 0.29) is 11.6 Å². The summed E-state index contributed by atoms with van der Waals surface area (Å²) >= 11 is 5.96. The Bertz CT molecular complexity index is 625. The maximum atomic E-state index is 13.2. The monoisotopic (exact) mass is 263 g/mol. The minimum Gasteiger partial charge on any atom is -0.399 e. The van der Waals surface area contributed by atoms with E-state index in [4.69, 9.17) is 17.3 Å². The molecule has 18 heavy (non-hydrogen) atoms. The number of ketones is 1. The molecule has 0 unspecified atom stereocenters. The molecule has 4 heteroatoms. The molecule has 0 fully saturated rings. The summed E-state index contributed by atoms with van der Waals surface area (Å²) in [6.07, 6.45) is 0. The molecule has 0 saturated carbocycles. The fourth-order valence-corrected chi connectivity index (χ4v) is 1.86. The van der Waals surface area contributed by atoms with Crippen molar-refractivity contribution in [1.29, 1.82) is 0 Å². The van der Waals surface area contributed by atoms with Crippen LogP contribution in [-0.4, -0.2) is 5.78 Å². The van der Waals surface area contributed by atoms with Crippen LogP contribution in [0.2, 0.25) is 5.02 Å². The largest absolute Gasteiger partial charge is 0.399 e. The van der Waals surface area contributed by atoms with Crippen LogP contribution in [-0.2, 0) is 0 Å². The van der Waals surface area contributed by atoms with Crippen molar-refractivity contribution in [2.45, 2.75) is 6.92 Å². The van der Waals surface area contributed by atoms with E-state index >= 15 is 0 Å². The third-order valence-electron chi connectivity index (χ3n) is 2.66. The number of carbonyl (C=O) groups is 1. The Labute approximate surface area is 109 Å². The van der Waals surface area contributed by atoms with Gasteiger partial charge in [0.25, 0.3) is 0 Å². The third kappa shape index (κ3) is 2.36. The van der Waals surface area contributed by atoms with E-state index in [0.717, 1.165) is 0 Å². The molecule has 0 bridgehead atoms. The van der Waals surface area contributed by atoms with Gasteiger partial charge < -0.3 is 5.73 Å². The van der Waals surface area contributed by atoms with E-state index in [1.165, 1.54) is 24.3 Å². The van der Waals surface area contributed by atoms with Gasteiger partial charge in [-0.15, -0.1) is 0 Å². The molecule has 0 aliphatic rings. The van der Waals surface area contributed by atoms with Gasteiger partial charge >= 0.3 is 0 Å². The fourth-order valence-electron chi connectivity index (χ4n) is 1.66. The Kier molecular flexibility index (Phi) is 3.34. The Morgan fingerprint density at radius 3 is 2.61 bits per heavy atom. The van der Waals surface area contributed by atoms with E-state index in [1.54, 1.807) is 19.1 Å². The van der Waals surface area contributed by atoms with Crippen LogP contribution < -0.4 is 5.73 Å². The molecular formula is C14H11ClFNO. The van der Waals surface area contributed by atoms with E-state index in [9.17, 15) is 9.18 Å². The number of halogens is 2.